The average molecular weight is 432 g/mol. The summed E-state index contributed by atoms with van der Waals surface area (Å²) >= 11 is 6.02. The quantitative estimate of drug-likeness (QED) is 0.708. The van der Waals surface area contributed by atoms with E-state index in [1.54, 1.807) is 30.3 Å². The van der Waals surface area contributed by atoms with Gasteiger partial charge in [-0.3, -0.25) is 4.79 Å². The number of anilines is 2. The third-order valence-corrected chi connectivity index (χ3v) is 5.46. The Labute approximate surface area is 181 Å². The van der Waals surface area contributed by atoms with Crippen molar-refractivity contribution in [3.8, 4) is 5.75 Å². The molecule has 1 fully saturated rings. The number of amides is 1. The van der Waals surface area contributed by atoms with Crippen LogP contribution in [-0.2, 0) is 9.53 Å². The fourth-order valence-corrected chi connectivity index (χ4v) is 3.36. The number of likely N-dealkylation sites (N-methyl/N-ethyl adjacent to an activating group) is 1. The van der Waals surface area contributed by atoms with Crippen molar-refractivity contribution < 1.29 is 19.1 Å². The van der Waals surface area contributed by atoms with Crippen LogP contribution in [0.4, 0.5) is 11.4 Å². The van der Waals surface area contributed by atoms with Crippen LogP contribution in [0.25, 0.3) is 0 Å². The number of halogens is 1. The highest BCUT2D eigenvalue weighted by molar-refractivity contribution is 6.31. The number of hydrogen-bond donors (Lipinski definition) is 1. The van der Waals surface area contributed by atoms with E-state index in [2.05, 4.69) is 22.2 Å². The van der Waals surface area contributed by atoms with E-state index in [0.717, 1.165) is 37.4 Å². The van der Waals surface area contributed by atoms with Crippen molar-refractivity contribution in [3.63, 3.8) is 0 Å². The molecular formula is C22H26ClN3O4. The molecule has 0 atom stereocenters. The van der Waals surface area contributed by atoms with Gasteiger partial charge in [0.05, 0.1) is 24.0 Å². The van der Waals surface area contributed by atoms with Crippen molar-refractivity contribution in [1.82, 2.24) is 4.90 Å². The number of carbonyl (C=O) groups is 2. The highest BCUT2D eigenvalue weighted by atomic mass is 35.5. The standard InChI is InChI=1S/C22H26ClN3O4/c1-15-12-17(5-6-18(15)23)30-14-21(27)24-19-13-16(22(28)29-3)4-7-20(19)26-10-8-25(2)9-11-26/h4-7,12-13H,8-11,14H2,1-3H3,(H,24,27). The van der Waals surface area contributed by atoms with E-state index in [1.165, 1.54) is 7.11 Å². The maximum Gasteiger partial charge on any atom is 0.337 e. The number of piperazine rings is 1. The smallest absolute Gasteiger partial charge is 0.337 e. The first-order chi connectivity index (χ1) is 14.4. The molecule has 2 aromatic carbocycles. The van der Waals surface area contributed by atoms with Crippen molar-refractivity contribution in [1.29, 1.82) is 0 Å². The largest absolute Gasteiger partial charge is 0.484 e. The number of esters is 1. The minimum atomic E-state index is -0.455. The van der Waals surface area contributed by atoms with Crippen LogP contribution in [-0.4, -0.2) is 63.7 Å². The summed E-state index contributed by atoms with van der Waals surface area (Å²) in [6.07, 6.45) is 0. The molecule has 8 heteroatoms. The lowest BCUT2D eigenvalue weighted by Crippen LogP contribution is -2.44. The van der Waals surface area contributed by atoms with Gasteiger partial charge < -0.3 is 24.6 Å². The Morgan fingerprint density at radius 2 is 1.83 bits per heavy atom. The third kappa shape index (κ3) is 5.43. The zero-order chi connectivity index (χ0) is 21.7. The second-order valence-electron chi connectivity index (χ2n) is 7.26. The molecule has 3 rings (SSSR count). The molecule has 0 radical (unpaired) electrons. The van der Waals surface area contributed by atoms with Gasteiger partial charge in [-0.2, -0.15) is 0 Å². The topological polar surface area (TPSA) is 71.1 Å². The summed E-state index contributed by atoms with van der Waals surface area (Å²) in [6, 6.07) is 10.4. The SMILES string of the molecule is COC(=O)c1ccc(N2CCN(C)CC2)c(NC(=O)COc2ccc(Cl)c(C)c2)c1. The summed E-state index contributed by atoms with van der Waals surface area (Å²) in [7, 11) is 3.41. The normalized spacial score (nSPS) is 14.3. The molecule has 0 saturated carbocycles. The molecule has 7 nitrogen and oxygen atoms in total. The van der Waals surface area contributed by atoms with Crippen molar-refractivity contribution in [2.75, 3.05) is 57.2 Å². The number of aryl methyl sites for hydroxylation is 1. The van der Waals surface area contributed by atoms with Gasteiger partial charge >= 0.3 is 5.97 Å². The monoisotopic (exact) mass is 431 g/mol. The average Bonchev–Trinajstić information content (AvgIpc) is 2.74. The molecule has 1 saturated heterocycles. The van der Waals surface area contributed by atoms with Gasteiger partial charge in [0.2, 0.25) is 0 Å². The Kier molecular flexibility index (Phi) is 7.18. The molecule has 0 unspecified atom stereocenters. The Morgan fingerprint density at radius 1 is 1.10 bits per heavy atom. The van der Waals surface area contributed by atoms with E-state index >= 15 is 0 Å². The number of nitrogens with zero attached hydrogens (tertiary/aromatic N) is 2. The number of carbonyl (C=O) groups excluding carboxylic acids is 2. The number of nitrogens with one attached hydrogen (secondary N) is 1. The molecule has 0 bridgehead atoms. The summed E-state index contributed by atoms with van der Waals surface area (Å²) in [5.41, 5.74) is 2.67. The molecule has 0 aromatic heterocycles. The molecule has 30 heavy (non-hydrogen) atoms. The van der Waals surface area contributed by atoms with Gasteiger partial charge in [-0.15, -0.1) is 0 Å². The molecule has 1 aliphatic heterocycles. The second kappa shape index (κ2) is 9.82. The molecule has 1 amide bonds. The van der Waals surface area contributed by atoms with Crippen LogP contribution in [0.3, 0.4) is 0 Å². The number of hydrogen-bond acceptors (Lipinski definition) is 6. The van der Waals surface area contributed by atoms with Crippen LogP contribution >= 0.6 is 11.6 Å². The number of ether oxygens (including phenoxy) is 2. The lowest BCUT2D eigenvalue weighted by Gasteiger charge is -2.35. The molecular weight excluding hydrogens is 406 g/mol. The predicted molar refractivity (Wildman–Crippen MR) is 118 cm³/mol. The van der Waals surface area contributed by atoms with Gasteiger partial charge in [-0.1, -0.05) is 11.6 Å². The van der Waals surface area contributed by atoms with Gasteiger partial charge in [0.1, 0.15) is 5.75 Å². The fraction of sp³-hybridized carbons (Fsp3) is 0.364. The minimum absolute atomic E-state index is 0.161. The Bertz CT molecular complexity index is 927. The van der Waals surface area contributed by atoms with Gasteiger partial charge in [0.25, 0.3) is 5.91 Å². The number of rotatable bonds is 6. The fourth-order valence-electron chi connectivity index (χ4n) is 3.25. The van der Waals surface area contributed by atoms with E-state index < -0.39 is 5.97 Å². The number of methoxy groups -OCH3 is 1. The van der Waals surface area contributed by atoms with Crippen molar-refractivity contribution >= 4 is 34.9 Å². The first-order valence-corrected chi connectivity index (χ1v) is 10.1. The van der Waals surface area contributed by atoms with Crippen LogP contribution in [0.15, 0.2) is 36.4 Å². The van der Waals surface area contributed by atoms with E-state index in [0.29, 0.717) is 22.0 Å². The summed E-state index contributed by atoms with van der Waals surface area (Å²) < 4.78 is 10.4. The molecule has 0 aliphatic carbocycles. The molecule has 2 aromatic rings. The molecule has 1 N–H and O–H groups in total. The van der Waals surface area contributed by atoms with Gasteiger partial charge in [-0.25, -0.2) is 4.79 Å². The van der Waals surface area contributed by atoms with Gasteiger partial charge in [0, 0.05) is 31.2 Å². The first-order valence-electron chi connectivity index (χ1n) is 9.72. The highest BCUT2D eigenvalue weighted by Gasteiger charge is 2.20. The lowest BCUT2D eigenvalue weighted by molar-refractivity contribution is -0.118. The van der Waals surface area contributed by atoms with E-state index in [4.69, 9.17) is 21.1 Å². The summed E-state index contributed by atoms with van der Waals surface area (Å²) in [6.45, 7) is 5.22. The summed E-state index contributed by atoms with van der Waals surface area (Å²) in [4.78, 5) is 29.0. The first kappa shape index (κ1) is 21.9. The van der Waals surface area contributed by atoms with Crippen LogP contribution in [0.5, 0.6) is 5.75 Å². The zero-order valence-corrected chi connectivity index (χ0v) is 18.2. The van der Waals surface area contributed by atoms with Gasteiger partial charge in [-0.05, 0) is 55.9 Å². The van der Waals surface area contributed by atoms with E-state index in [9.17, 15) is 9.59 Å². The Morgan fingerprint density at radius 3 is 2.50 bits per heavy atom. The van der Waals surface area contributed by atoms with Crippen molar-refractivity contribution in [2.45, 2.75) is 6.92 Å². The summed E-state index contributed by atoms with van der Waals surface area (Å²) in [5, 5.41) is 3.52. The third-order valence-electron chi connectivity index (χ3n) is 5.04. The Balaban J connectivity index is 1.74. The second-order valence-corrected chi connectivity index (χ2v) is 7.67. The van der Waals surface area contributed by atoms with E-state index in [1.807, 2.05) is 13.0 Å². The maximum absolute atomic E-state index is 12.6. The van der Waals surface area contributed by atoms with Crippen LogP contribution in [0.2, 0.25) is 5.02 Å². The van der Waals surface area contributed by atoms with Crippen molar-refractivity contribution in [2.24, 2.45) is 0 Å². The Hall–Kier alpha value is -2.77. The van der Waals surface area contributed by atoms with Crippen LogP contribution in [0, 0.1) is 6.92 Å². The van der Waals surface area contributed by atoms with Crippen LogP contribution in [0.1, 0.15) is 15.9 Å². The van der Waals surface area contributed by atoms with E-state index in [-0.39, 0.29) is 12.5 Å². The van der Waals surface area contributed by atoms with Crippen molar-refractivity contribution in [3.05, 3.63) is 52.5 Å². The highest BCUT2D eigenvalue weighted by Crippen LogP contribution is 2.29. The minimum Gasteiger partial charge on any atom is -0.484 e. The maximum atomic E-state index is 12.6. The lowest BCUT2D eigenvalue weighted by atomic mass is 10.1. The molecule has 1 heterocycles. The molecule has 160 valence electrons. The molecule has 1 aliphatic rings. The number of benzene rings is 2. The van der Waals surface area contributed by atoms with Crippen LogP contribution < -0.4 is 15.0 Å². The summed E-state index contributed by atoms with van der Waals surface area (Å²) in [5.74, 6) is -0.210. The zero-order valence-electron chi connectivity index (χ0n) is 17.4. The predicted octanol–water partition coefficient (Wildman–Crippen LogP) is 3.20. The molecule has 0 spiro atoms. The van der Waals surface area contributed by atoms with Gasteiger partial charge in [0.15, 0.2) is 6.61 Å².